The number of thioether (sulfide) groups is 1. The molecule has 150 valence electrons. The average Bonchev–Trinajstić information content (AvgIpc) is 3.36. The van der Waals surface area contributed by atoms with E-state index in [-0.39, 0.29) is 24.2 Å². The number of ether oxygens (including phenoxy) is 2. The molecule has 1 fully saturated rings. The molecule has 0 saturated carbocycles. The van der Waals surface area contributed by atoms with Crippen molar-refractivity contribution in [2.75, 3.05) is 38.0 Å². The van der Waals surface area contributed by atoms with Crippen molar-refractivity contribution in [3.63, 3.8) is 0 Å². The molecule has 1 aromatic carbocycles. The van der Waals surface area contributed by atoms with Gasteiger partial charge in [-0.25, -0.2) is 0 Å². The molecule has 2 amide bonds. The van der Waals surface area contributed by atoms with Crippen molar-refractivity contribution in [3.05, 3.63) is 40.6 Å². The summed E-state index contributed by atoms with van der Waals surface area (Å²) >= 11 is 3.48. The van der Waals surface area contributed by atoms with Gasteiger partial charge >= 0.3 is 0 Å². The third-order valence-corrected chi connectivity index (χ3v) is 6.33. The molecule has 0 aliphatic carbocycles. The molecule has 0 spiro atoms. The van der Waals surface area contributed by atoms with Gasteiger partial charge in [-0.1, -0.05) is 0 Å². The first-order valence-corrected chi connectivity index (χ1v) is 11.1. The number of hydrogen-bond acceptors (Lipinski definition) is 6. The fraction of sp³-hybridized carbons (Fsp3) is 0.400. The van der Waals surface area contributed by atoms with E-state index in [1.165, 1.54) is 5.56 Å². The number of benzene rings is 1. The molecule has 2 heterocycles. The quantitative estimate of drug-likeness (QED) is 0.631. The van der Waals surface area contributed by atoms with Crippen LogP contribution in [0.1, 0.15) is 12.0 Å². The van der Waals surface area contributed by atoms with Crippen molar-refractivity contribution < 1.29 is 19.1 Å². The molecule has 28 heavy (non-hydrogen) atoms. The van der Waals surface area contributed by atoms with Crippen molar-refractivity contribution in [2.24, 2.45) is 5.92 Å². The summed E-state index contributed by atoms with van der Waals surface area (Å²) in [5, 5.41) is 7.16. The van der Waals surface area contributed by atoms with Gasteiger partial charge in [0.1, 0.15) is 11.5 Å². The van der Waals surface area contributed by atoms with Gasteiger partial charge in [0.05, 0.1) is 25.8 Å². The molecule has 3 rings (SSSR count). The van der Waals surface area contributed by atoms with Gasteiger partial charge in [-0.3, -0.25) is 9.59 Å². The lowest BCUT2D eigenvalue weighted by Crippen LogP contribution is -2.34. The summed E-state index contributed by atoms with van der Waals surface area (Å²) in [6.45, 7) is 0.942. The standard InChI is InChI=1S/C20H24N2O4S2/c1-25-16-3-4-18(26-2)17(10-16)22-11-15(9-19(22)23)20(24)21-6-8-28-13-14-5-7-27-12-14/h3-5,7,10,12,15H,6,8-9,11,13H2,1-2H3,(H,21,24)/t15-/m0/s1. The van der Waals surface area contributed by atoms with E-state index in [4.69, 9.17) is 9.47 Å². The lowest BCUT2D eigenvalue weighted by Gasteiger charge is -2.20. The number of carbonyl (C=O) groups is 2. The number of amides is 2. The minimum Gasteiger partial charge on any atom is -0.497 e. The van der Waals surface area contributed by atoms with E-state index in [0.717, 1.165) is 11.5 Å². The van der Waals surface area contributed by atoms with E-state index in [1.807, 2.05) is 0 Å². The van der Waals surface area contributed by atoms with Crippen molar-refractivity contribution in [2.45, 2.75) is 12.2 Å². The molecule has 8 heteroatoms. The highest BCUT2D eigenvalue weighted by molar-refractivity contribution is 7.98. The molecule has 0 bridgehead atoms. The summed E-state index contributed by atoms with van der Waals surface area (Å²) in [5.74, 6) is 2.50. The molecule has 6 nitrogen and oxygen atoms in total. The number of nitrogens with zero attached hydrogens (tertiary/aromatic N) is 1. The summed E-state index contributed by atoms with van der Waals surface area (Å²) < 4.78 is 10.6. The van der Waals surface area contributed by atoms with E-state index in [0.29, 0.717) is 30.3 Å². The minimum absolute atomic E-state index is 0.0751. The van der Waals surface area contributed by atoms with Gasteiger partial charge in [0.2, 0.25) is 11.8 Å². The summed E-state index contributed by atoms with van der Waals surface area (Å²) in [5.41, 5.74) is 1.94. The van der Waals surface area contributed by atoms with Gasteiger partial charge in [-0.2, -0.15) is 23.1 Å². The Morgan fingerprint density at radius 3 is 2.89 bits per heavy atom. The van der Waals surface area contributed by atoms with Gasteiger partial charge in [0.15, 0.2) is 0 Å². The molecule has 1 aromatic heterocycles. The van der Waals surface area contributed by atoms with Gasteiger partial charge < -0.3 is 19.7 Å². The second kappa shape index (κ2) is 9.84. The van der Waals surface area contributed by atoms with Crippen LogP contribution in [0.5, 0.6) is 11.5 Å². The third-order valence-electron chi connectivity index (χ3n) is 4.57. The van der Waals surface area contributed by atoms with Crippen LogP contribution >= 0.6 is 23.1 Å². The second-order valence-corrected chi connectivity index (χ2v) is 8.30. The van der Waals surface area contributed by atoms with Crippen molar-refractivity contribution >= 4 is 40.6 Å². The summed E-state index contributed by atoms with van der Waals surface area (Å²) in [6, 6.07) is 7.42. The topological polar surface area (TPSA) is 67.9 Å². The first kappa shape index (κ1) is 20.5. The molecular weight excluding hydrogens is 396 g/mol. The van der Waals surface area contributed by atoms with Crippen LogP contribution in [0, 0.1) is 5.92 Å². The highest BCUT2D eigenvalue weighted by Crippen LogP contribution is 2.36. The molecule has 0 radical (unpaired) electrons. The molecule has 1 atom stereocenters. The number of carbonyl (C=O) groups excluding carboxylic acids is 2. The fourth-order valence-electron chi connectivity index (χ4n) is 3.08. The van der Waals surface area contributed by atoms with E-state index in [2.05, 4.69) is 22.1 Å². The Kier molecular flexibility index (Phi) is 7.22. The zero-order valence-corrected chi connectivity index (χ0v) is 17.6. The van der Waals surface area contributed by atoms with E-state index in [9.17, 15) is 9.59 Å². The number of rotatable bonds is 9. The minimum atomic E-state index is -0.356. The van der Waals surface area contributed by atoms with Crippen molar-refractivity contribution in [1.29, 1.82) is 0 Å². The number of methoxy groups -OCH3 is 2. The lowest BCUT2D eigenvalue weighted by atomic mass is 10.1. The lowest BCUT2D eigenvalue weighted by molar-refractivity contribution is -0.126. The van der Waals surface area contributed by atoms with Gasteiger partial charge in [-0.05, 0) is 34.5 Å². The maximum atomic E-state index is 12.5. The third kappa shape index (κ3) is 4.99. The molecule has 1 aliphatic heterocycles. The predicted octanol–water partition coefficient (Wildman–Crippen LogP) is 3.17. The smallest absolute Gasteiger partial charge is 0.227 e. The average molecular weight is 421 g/mol. The second-order valence-electron chi connectivity index (χ2n) is 6.42. The van der Waals surface area contributed by atoms with Crippen LogP contribution < -0.4 is 19.7 Å². The SMILES string of the molecule is COc1ccc(OC)c(N2C[C@@H](C(=O)NCCSCc3ccsc3)CC2=O)c1. The number of thiophene rings is 1. The summed E-state index contributed by atoms with van der Waals surface area (Å²) in [4.78, 5) is 26.6. The van der Waals surface area contributed by atoms with Crippen LogP contribution in [0.4, 0.5) is 5.69 Å². The summed E-state index contributed by atoms with van der Waals surface area (Å²) in [6.07, 6.45) is 0.203. The van der Waals surface area contributed by atoms with Crippen LogP contribution in [-0.2, 0) is 15.3 Å². The number of hydrogen-bond donors (Lipinski definition) is 1. The Labute approximate surface area is 173 Å². The molecule has 1 aliphatic rings. The zero-order valence-electron chi connectivity index (χ0n) is 16.0. The molecule has 0 unspecified atom stereocenters. The maximum Gasteiger partial charge on any atom is 0.227 e. The van der Waals surface area contributed by atoms with Crippen LogP contribution in [0.2, 0.25) is 0 Å². The Balaban J connectivity index is 1.51. The molecular formula is C20H24N2O4S2. The normalized spacial score (nSPS) is 16.3. The Morgan fingerprint density at radius 2 is 2.18 bits per heavy atom. The van der Waals surface area contributed by atoms with Gasteiger partial charge in [0, 0.05) is 37.1 Å². The van der Waals surface area contributed by atoms with Crippen molar-refractivity contribution in [3.8, 4) is 11.5 Å². The Bertz CT molecular complexity index is 811. The first-order valence-electron chi connectivity index (χ1n) is 9.01. The predicted molar refractivity (Wildman–Crippen MR) is 113 cm³/mol. The number of nitrogens with one attached hydrogen (secondary N) is 1. The Morgan fingerprint density at radius 1 is 1.32 bits per heavy atom. The fourth-order valence-corrected chi connectivity index (χ4v) is 4.66. The van der Waals surface area contributed by atoms with Crippen LogP contribution in [0.15, 0.2) is 35.0 Å². The molecule has 2 aromatic rings. The Hall–Kier alpha value is -2.19. The number of anilines is 1. The van der Waals surface area contributed by atoms with E-state index >= 15 is 0 Å². The van der Waals surface area contributed by atoms with E-state index < -0.39 is 0 Å². The van der Waals surface area contributed by atoms with E-state index in [1.54, 1.807) is 60.4 Å². The summed E-state index contributed by atoms with van der Waals surface area (Å²) in [7, 11) is 3.13. The van der Waals surface area contributed by atoms with Crippen LogP contribution in [0.25, 0.3) is 0 Å². The first-order chi connectivity index (χ1) is 13.6. The molecule has 1 saturated heterocycles. The van der Waals surface area contributed by atoms with Crippen LogP contribution in [0.3, 0.4) is 0 Å². The molecule has 1 N–H and O–H groups in total. The highest BCUT2D eigenvalue weighted by Gasteiger charge is 2.36. The van der Waals surface area contributed by atoms with Crippen LogP contribution in [-0.4, -0.2) is 44.9 Å². The van der Waals surface area contributed by atoms with Gasteiger partial charge in [-0.15, -0.1) is 0 Å². The maximum absolute atomic E-state index is 12.5. The monoisotopic (exact) mass is 420 g/mol. The zero-order chi connectivity index (χ0) is 19.9. The largest absolute Gasteiger partial charge is 0.497 e. The van der Waals surface area contributed by atoms with Crippen molar-refractivity contribution in [1.82, 2.24) is 5.32 Å². The van der Waals surface area contributed by atoms with Gasteiger partial charge in [0.25, 0.3) is 0 Å². The highest BCUT2D eigenvalue weighted by atomic mass is 32.2.